The molecule has 0 saturated carbocycles. The number of rotatable bonds is 8. The van der Waals surface area contributed by atoms with E-state index in [0.717, 1.165) is 11.3 Å². The Kier molecular flexibility index (Phi) is 7.94. The minimum Gasteiger partial charge on any atom is -0.506 e. The zero-order valence-electron chi connectivity index (χ0n) is 22.9. The first-order valence-electron chi connectivity index (χ1n) is 12.8. The largest absolute Gasteiger partial charge is 0.506 e. The normalized spacial score (nSPS) is 14.6. The zero-order chi connectivity index (χ0) is 30.0. The van der Waals surface area contributed by atoms with Gasteiger partial charge in [0.15, 0.2) is 16.3 Å². The Morgan fingerprint density at radius 2 is 1.76 bits per heavy atom. The van der Waals surface area contributed by atoms with Crippen LogP contribution < -0.4 is 24.4 Å². The number of ether oxygens (including phenoxy) is 3. The summed E-state index contributed by atoms with van der Waals surface area (Å²) in [5.41, 5.74) is 1.05. The smallest absolute Gasteiger partial charge is 0.339 e. The Labute approximate surface area is 243 Å². The molecule has 214 valence electrons. The number of methoxy groups -OCH3 is 2. The van der Waals surface area contributed by atoms with Crippen LogP contribution in [0.2, 0.25) is 0 Å². The third kappa shape index (κ3) is 5.06. The van der Waals surface area contributed by atoms with E-state index in [0.29, 0.717) is 33.1 Å². The number of aromatic nitrogens is 1. The number of para-hydroxylation sites is 1. The molecule has 1 unspecified atom stereocenters. The van der Waals surface area contributed by atoms with E-state index in [-0.39, 0.29) is 27.8 Å². The van der Waals surface area contributed by atoms with Gasteiger partial charge in [-0.05, 0) is 36.8 Å². The van der Waals surface area contributed by atoms with Crippen molar-refractivity contribution in [1.82, 2.24) is 4.57 Å². The van der Waals surface area contributed by atoms with Crippen molar-refractivity contribution in [2.45, 2.75) is 13.0 Å². The lowest BCUT2D eigenvalue weighted by Crippen LogP contribution is -2.40. The van der Waals surface area contributed by atoms with E-state index in [1.54, 1.807) is 25.1 Å². The number of aromatic carboxylic acids is 1. The predicted molar refractivity (Wildman–Crippen MR) is 156 cm³/mol. The van der Waals surface area contributed by atoms with Gasteiger partial charge < -0.3 is 24.4 Å². The van der Waals surface area contributed by atoms with Crippen molar-refractivity contribution in [2.75, 3.05) is 20.8 Å². The topological polar surface area (TPSA) is 137 Å². The number of benzene rings is 3. The molecule has 42 heavy (non-hydrogen) atoms. The summed E-state index contributed by atoms with van der Waals surface area (Å²) in [4.78, 5) is 44.3. The Morgan fingerprint density at radius 1 is 1.02 bits per heavy atom. The maximum absolute atomic E-state index is 14.0. The van der Waals surface area contributed by atoms with Crippen molar-refractivity contribution in [3.05, 3.63) is 114 Å². The molecular weight excluding hydrogens is 560 g/mol. The molecule has 0 fully saturated rings. The van der Waals surface area contributed by atoms with Crippen molar-refractivity contribution in [1.29, 1.82) is 0 Å². The molecule has 0 amide bonds. The Morgan fingerprint density at radius 3 is 2.43 bits per heavy atom. The van der Waals surface area contributed by atoms with E-state index in [1.807, 2.05) is 30.3 Å². The standard InChI is InChI=1S/C31H26N2O8S/c1-4-41-30(38)24-25(17-9-6-5-7-10-17)32-31-33(26(24)18-13-14-21(39-2)22(15-18)40-3)28(35)23(42-31)16-19-11-8-12-20(27(19)34)29(36)37/h5-16,26,34H,4H2,1-3H3,(H,36,37)/b23-16-. The van der Waals surface area contributed by atoms with Crippen LogP contribution in [0.15, 0.2) is 82.1 Å². The summed E-state index contributed by atoms with van der Waals surface area (Å²) in [5.74, 6) is -1.55. The molecule has 5 rings (SSSR count). The molecule has 1 aliphatic heterocycles. The summed E-state index contributed by atoms with van der Waals surface area (Å²) in [6.45, 7) is 1.80. The van der Waals surface area contributed by atoms with E-state index in [2.05, 4.69) is 0 Å². The van der Waals surface area contributed by atoms with E-state index in [1.165, 1.54) is 43.1 Å². The molecule has 0 saturated heterocycles. The van der Waals surface area contributed by atoms with Crippen LogP contribution >= 0.6 is 11.3 Å². The lowest BCUT2D eigenvalue weighted by atomic mass is 9.93. The van der Waals surface area contributed by atoms with Crippen molar-refractivity contribution >= 4 is 35.0 Å². The molecule has 3 aromatic carbocycles. The first-order valence-corrected chi connectivity index (χ1v) is 13.7. The number of carbonyl (C=O) groups excluding carboxylic acids is 1. The second-order valence-corrected chi connectivity index (χ2v) is 10.1. The highest BCUT2D eigenvalue weighted by Gasteiger charge is 2.35. The molecule has 10 nitrogen and oxygen atoms in total. The maximum atomic E-state index is 14.0. The molecular formula is C31H26N2O8S. The minimum absolute atomic E-state index is 0.104. The van der Waals surface area contributed by atoms with Gasteiger partial charge in [0.1, 0.15) is 11.3 Å². The molecule has 0 radical (unpaired) electrons. The molecule has 0 aliphatic carbocycles. The van der Waals surface area contributed by atoms with Gasteiger partial charge in [0.25, 0.3) is 5.56 Å². The third-order valence-electron chi connectivity index (χ3n) is 6.68. The molecule has 2 heterocycles. The quantitative estimate of drug-likeness (QED) is 0.300. The maximum Gasteiger partial charge on any atom is 0.339 e. The summed E-state index contributed by atoms with van der Waals surface area (Å²) in [5, 5.41) is 20.0. The number of thiazole rings is 1. The summed E-state index contributed by atoms with van der Waals surface area (Å²) in [6, 6.07) is 17.5. The number of carboxylic acids is 1. The summed E-state index contributed by atoms with van der Waals surface area (Å²) in [6.07, 6.45) is 1.41. The van der Waals surface area contributed by atoms with Crippen LogP contribution in [0.25, 0.3) is 11.8 Å². The van der Waals surface area contributed by atoms with Gasteiger partial charge in [-0.1, -0.05) is 59.9 Å². The van der Waals surface area contributed by atoms with Crippen LogP contribution in [0, 0.1) is 0 Å². The molecule has 1 atom stereocenters. The number of carbonyl (C=O) groups is 2. The van der Waals surface area contributed by atoms with Gasteiger partial charge in [0.05, 0.1) is 42.7 Å². The first-order chi connectivity index (χ1) is 20.3. The van der Waals surface area contributed by atoms with E-state index in [9.17, 15) is 24.6 Å². The SMILES string of the molecule is CCOC(=O)C1=C(c2ccccc2)N=c2s/c(=C\c3cccc(C(=O)O)c3O)c(=O)n2C1c1ccc(OC)c(OC)c1. The molecule has 1 aromatic heterocycles. The van der Waals surface area contributed by atoms with Crippen LogP contribution in [-0.2, 0) is 9.53 Å². The van der Waals surface area contributed by atoms with Crippen LogP contribution in [0.3, 0.4) is 0 Å². The molecule has 4 aromatic rings. The van der Waals surface area contributed by atoms with Crippen molar-refractivity contribution in [3.63, 3.8) is 0 Å². The van der Waals surface area contributed by atoms with Gasteiger partial charge in [-0.2, -0.15) is 0 Å². The van der Waals surface area contributed by atoms with E-state index < -0.39 is 29.3 Å². The Hall–Kier alpha value is -5.16. The fraction of sp³-hybridized carbons (Fsp3) is 0.161. The van der Waals surface area contributed by atoms with E-state index in [4.69, 9.17) is 19.2 Å². The molecule has 2 N–H and O–H groups in total. The third-order valence-corrected chi connectivity index (χ3v) is 7.66. The fourth-order valence-corrected chi connectivity index (χ4v) is 5.76. The lowest BCUT2D eigenvalue weighted by Gasteiger charge is -2.26. The van der Waals surface area contributed by atoms with Gasteiger partial charge in [-0.3, -0.25) is 9.36 Å². The summed E-state index contributed by atoms with van der Waals surface area (Å²) < 4.78 is 18.0. The zero-order valence-corrected chi connectivity index (χ0v) is 23.7. The number of fused-ring (bicyclic) bond motifs is 1. The van der Waals surface area contributed by atoms with Gasteiger partial charge in [0.2, 0.25) is 0 Å². The van der Waals surface area contributed by atoms with E-state index >= 15 is 0 Å². The first kappa shape index (κ1) is 28.4. The van der Waals surface area contributed by atoms with Crippen LogP contribution in [0.4, 0.5) is 0 Å². The average Bonchev–Trinajstić information content (AvgIpc) is 3.31. The highest BCUT2D eigenvalue weighted by Crippen LogP contribution is 2.38. The number of aromatic hydroxyl groups is 1. The fourth-order valence-electron chi connectivity index (χ4n) is 4.77. The lowest BCUT2D eigenvalue weighted by molar-refractivity contribution is -0.138. The van der Waals surface area contributed by atoms with Crippen LogP contribution in [0.5, 0.6) is 17.2 Å². The Balaban J connectivity index is 1.85. The van der Waals surface area contributed by atoms with Crippen molar-refractivity contribution in [3.8, 4) is 17.2 Å². The molecule has 0 bridgehead atoms. The summed E-state index contributed by atoms with van der Waals surface area (Å²) in [7, 11) is 3.00. The van der Waals surface area contributed by atoms with Crippen LogP contribution in [0.1, 0.15) is 40.0 Å². The van der Waals surface area contributed by atoms with Gasteiger partial charge in [-0.15, -0.1) is 0 Å². The highest BCUT2D eigenvalue weighted by atomic mass is 32.1. The number of esters is 1. The monoisotopic (exact) mass is 586 g/mol. The van der Waals surface area contributed by atoms with Gasteiger partial charge in [-0.25, -0.2) is 14.6 Å². The van der Waals surface area contributed by atoms with Crippen molar-refractivity contribution in [2.24, 2.45) is 4.99 Å². The highest BCUT2D eigenvalue weighted by molar-refractivity contribution is 7.07. The predicted octanol–water partition coefficient (Wildman–Crippen LogP) is 3.36. The number of carboxylic acid groups (broad SMARTS) is 1. The minimum atomic E-state index is -1.30. The number of phenols is 1. The van der Waals surface area contributed by atoms with Crippen LogP contribution in [-0.4, -0.2) is 47.5 Å². The second kappa shape index (κ2) is 11.8. The second-order valence-electron chi connectivity index (χ2n) is 9.09. The molecule has 11 heteroatoms. The average molecular weight is 587 g/mol. The number of hydrogen-bond donors (Lipinski definition) is 2. The number of nitrogens with zero attached hydrogens (tertiary/aromatic N) is 2. The van der Waals surface area contributed by atoms with Gasteiger partial charge in [0, 0.05) is 11.1 Å². The number of hydrogen-bond acceptors (Lipinski definition) is 9. The molecule has 1 aliphatic rings. The molecule has 0 spiro atoms. The van der Waals surface area contributed by atoms with Crippen molar-refractivity contribution < 1.29 is 34.0 Å². The van der Waals surface area contributed by atoms with Gasteiger partial charge >= 0.3 is 11.9 Å². The summed E-state index contributed by atoms with van der Waals surface area (Å²) >= 11 is 1.05. The Bertz CT molecular complexity index is 1910.